The zero-order valence-electron chi connectivity index (χ0n) is 13.4. The van der Waals surface area contributed by atoms with E-state index in [1.54, 1.807) is 25.3 Å². The van der Waals surface area contributed by atoms with E-state index in [0.717, 1.165) is 4.74 Å². The molecule has 0 bridgehead atoms. The fourth-order valence-electron chi connectivity index (χ4n) is 2.43. The lowest BCUT2D eigenvalue weighted by Crippen LogP contribution is -2.24. The van der Waals surface area contributed by atoms with Gasteiger partial charge in [0.2, 0.25) is 0 Å². The van der Waals surface area contributed by atoms with Crippen molar-refractivity contribution in [2.45, 2.75) is 13.3 Å². The van der Waals surface area contributed by atoms with Gasteiger partial charge in [-0.15, -0.1) is 0 Å². The molecule has 4 heteroatoms. The van der Waals surface area contributed by atoms with Gasteiger partial charge in [-0.1, -0.05) is 49.4 Å². The number of para-hydroxylation sites is 1. The Bertz CT molecular complexity index is 680. The van der Waals surface area contributed by atoms with Gasteiger partial charge in [0.15, 0.2) is 18.5 Å². The van der Waals surface area contributed by atoms with Gasteiger partial charge in [0.05, 0.1) is 18.6 Å². The molecule has 2 aromatic carbocycles. The minimum Gasteiger partial charge on any atom is -0.624 e. The highest BCUT2D eigenvalue weighted by atomic mass is 16.5. The summed E-state index contributed by atoms with van der Waals surface area (Å²) in [6.07, 6.45) is 2.09. The average Bonchev–Trinajstić information content (AvgIpc) is 2.60. The van der Waals surface area contributed by atoms with Gasteiger partial charge < -0.3 is 9.94 Å². The fourth-order valence-corrected chi connectivity index (χ4v) is 2.43. The highest BCUT2D eigenvalue weighted by Crippen LogP contribution is 2.16. The third-order valence-electron chi connectivity index (χ3n) is 3.74. The van der Waals surface area contributed by atoms with Crippen LogP contribution in [0.3, 0.4) is 0 Å². The van der Waals surface area contributed by atoms with Crippen molar-refractivity contribution in [3.05, 3.63) is 70.9 Å². The largest absolute Gasteiger partial charge is 0.624 e. The number of carbonyl (C=O) groups is 1. The molecule has 120 valence electrons. The quantitative estimate of drug-likeness (QED) is 0.258. The molecule has 0 N–H and O–H groups in total. The molecule has 0 radical (unpaired) electrons. The van der Waals surface area contributed by atoms with Crippen LogP contribution >= 0.6 is 0 Å². The Labute approximate surface area is 136 Å². The Morgan fingerprint density at radius 2 is 1.83 bits per heavy atom. The molecule has 0 aliphatic heterocycles. The molecule has 2 rings (SSSR count). The van der Waals surface area contributed by atoms with Crippen LogP contribution < -0.4 is 4.74 Å². The van der Waals surface area contributed by atoms with Crippen LogP contribution in [0.2, 0.25) is 0 Å². The van der Waals surface area contributed by atoms with Crippen molar-refractivity contribution in [3.63, 3.8) is 0 Å². The van der Waals surface area contributed by atoms with E-state index in [-0.39, 0.29) is 18.2 Å². The molecule has 0 amide bonds. The highest BCUT2D eigenvalue weighted by molar-refractivity contribution is 5.97. The SMILES string of the molecule is CCC(C[N+]([O-])=Cc1ccccc1OC)C(=O)c1ccccc1. The maximum absolute atomic E-state index is 12.5. The van der Waals surface area contributed by atoms with Gasteiger partial charge in [-0.25, -0.2) is 4.74 Å². The number of benzene rings is 2. The lowest BCUT2D eigenvalue weighted by molar-refractivity contribution is -0.458. The molecule has 0 fully saturated rings. The van der Waals surface area contributed by atoms with Crippen LogP contribution in [0.25, 0.3) is 0 Å². The summed E-state index contributed by atoms with van der Waals surface area (Å²) in [5, 5.41) is 12.2. The molecule has 0 aliphatic rings. The van der Waals surface area contributed by atoms with E-state index in [4.69, 9.17) is 4.74 Å². The number of hydroxylamine groups is 1. The van der Waals surface area contributed by atoms with E-state index in [1.165, 1.54) is 6.21 Å². The summed E-state index contributed by atoms with van der Waals surface area (Å²) >= 11 is 0. The molecule has 0 heterocycles. The monoisotopic (exact) mass is 311 g/mol. The van der Waals surface area contributed by atoms with Crippen molar-refractivity contribution in [1.29, 1.82) is 0 Å². The Morgan fingerprint density at radius 3 is 2.48 bits per heavy atom. The number of rotatable bonds is 7. The Balaban J connectivity index is 2.15. The molecule has 1 atom stereocenters. The molecule has 0 saturated carbocycles. The van der Waals surface area contributed by atoms with Gasteiger partial charge >= 0.3 is 0 Å². The minimum atomic E-state index is -0.333. The lowest BCUT2D eigenvalue weighted by Gasteiger charge is -2.14. The van der Waals surface area contributed by atoms with Gasteiger partial charge in [0, 0.05) is 5.56 Å². The van der Waals surface area contributed by atoms with Crippen molar-refractivity contribution in [1.82, 2.24) is 0 Å². The second-order valence-electron chi connectivity index (χ2n) is 5.31. The number of hydrogen-bond acceptors (Lipinski definition) is 3. The van der Waals surface area contributed by atoms with Crippen molar-refractivity contribution in [3.8, 4) is 5.75 Å². The summed E-state index contributed by atoms with van der Waals surface area (Å²) in [6.45, 7) is 2.05. The van der Waals surface area contributed by atoms with Crippen molar-refractivity contribution >= 4 is 12.0 Å². The number of ether oxygens (including phenoxy) is 1. The van der Waals surface area contributed by atoms with E-state index in [2.05, 4.69) is 0 Å². The summed E-state index contributed by atoms with van der Waals surface area (Å²) in [5.41, 5.74) is 1.34. The van der Waals surface area contributed by atoms with Crippen molar-refractivity contribution in [2.24, 2.45) is 5.92 Å². The normalized spacial score (nSPS) is 12.7. The summed E-state index contributed by atoms with van der Waals surface area (Å²) in [7, 11) is 1.57. The van der Waals surface area contributed by atoms with E-state index >= 15 is 0 Å². The first kappa shape index (κ1) is 16.7. The van der Waals surface area contributed by atoms with E-state index in [1.807, 2.05) is 43.3 Å². The van der Waals surface area contributed by atoms with Gasteiger partial charge in [-0.3, -0.25) is 4.79 Å². The van der Waals surface area contributed by atoms with Crippen LogP contribution in [0.4, 0.5) is 0 Å². The predicted octanol–water partition coefficient (Wildman–Crippen LogP) is 3.53. The molecule has 0 aliphatic carbocycles. The summed E-state index contributed by atoms with van der Waals surface area (Å²) in [5.74, 6) is 0.305. The van der Waals surface area contributed by atoms with Gasteiger partial charge in [0.25, 0.3) is 0 Å². The Morgan fingerprint density at radius 1 is 1.17 bits per heavy atom. The van der Waals surface area contributed by atoms with E-state index in [9.17, 15) is 10.0 Å². The molecule has 1 unspecified atom stereocenters. The van der Waals surface area contributed by atoms with Crippen molar-refractivity contribution < 1.29 is 14.3 Å². The zero-order chi connectivity index (χ0) is 16.7. The molecule has 0 aromatic heterocycles. The van der Waals surface area contributed by atoms with Gasteiger partial charge in [0.1, 0.15) is 5.75 Å². The lowest BCUT2D eigenvalue weighted by atomic mass is 9.95. The number of hydrogen-bond donors (Lipinski definition) is 0. The van der Waals surface area contributed by atoms with Crippen molar-refractivity contribution in [2.75, 3.05) is 13.7 Å². The standard InChI is InChI=1S/C19H21NO3/c1-3-15(19(21)16-9-5-4-6-10-16)13-20(22)14-17-11-7-8-12-18(17)23-2/h4-12,14-15H,3,13H2,1-2H3. The van der Waals surface area contributed by atoms with Gasteiger partial charge in [-0.05, 0) is 18.6 Å². The molecular weight excluding hydrogens is 290 g/mol. The second kappa shape index (κ2) is 8.13. The summed E-state index contributed by atoms with van der Waals surface area (Å²) in [6, 6.07) is 16.4. The smallest absolute Gasteiger partial charge is 0.185 e. The third kappa shape index (κ3) is 4.42. The van der Waals surface area contributed by atoms with Crippen LogP contribution in [0.1, 0.15) is 29.3 Å². The molecule has 23 heavy (non-hydrogen) atoms. The maximum atomic E-state index is 12.5. The number of ketones is 1. The molecule has 0 spiro atoms. The number of carbonyl (C=O) groups excluding carboxylic acids is 1. The van der Waals surface area contributed by atoms with Crippen LogP contribution in [0.15, 0.2) is 54.6 Å². The third-order valence-corrected chi connectivity index (χ3v) is 3.74. The number of Topliss-reactive ketones (excluding diaryl/α,β-unsaturated/α-hetero) is 1. The molecular formula is C19H21NO3. The first-order chi connectivity index (χ1) is 11.2. The highest BCUT2D eigenvalue weighted by Gasteiger charge is 2.21. The fraction of sp³-hybridized carbons (Fsp3) is 0.263. The molecule has 2 aromatic rings. The van der Waals surface area contributed by atoms with Crippen LogP contribution in [-0.2, 0) is 0 Å². The predicted molar refractivity (Wildman–Crippen MR) is 91.2 cm³/mol. The Kier molecular flexibility index (Phi) is 5.92. The average molecular weight is 311 g/mol. The van der Waals surface area contributed by atoms with Crippen LogP contribution in [0.5, 0.6) is 5.75 Å². The molecule has 0 saturated heterocycles. The van der Waals surface area contributed by atoms with E-state index in [0.29, 0.717) is 23.3 Å². The maximum Gasteiger partial charge on any atom is 0.185 e. The van der Waals surface area contributed by atoms with Crippen LogP contribution in [0, 0.1) is 11.1 Å². The first-order valence-electron chi connectivity index (χ1n) is 7.66. The minimum absolute atomic E-state index is 0.00220. The Hall–Kier alpha value is -2.62. The summed E-state index contributed by atoms with van der Waals surface area (Å²) < 4.78 is 6.04. The van der Waals surface area contributed by atoms with E-state index < -0.39 is 0 Å². The zero-order valence-corrected chi connectivity index (χ0v) is 13.4. The first-order valence-corrected chi connectivity index (χ1v) is 7.66. The van der Waals surface area contributed by atoms with Crippen LogP contribution in [-0.4, -0.2) is 30.4 Å². The number of methoxy groups -OCH3 is 1. The topological polar surface area (TPSA) is 52.4 Å². The molecule has 4 nitrogen and oxygen atoms in total. The second-order valence-corrected chi connectivity index (χ2v) is 5.31. The summed E-state index contributed by atoms with van der Waals surface area (Å²) in [4.78, 5) is 12.5. The number of nitrogens with zero attached hydrogens (tertiary/aromatic N) is 1. The van der Waals surface area contributed by atoms with Gasteiger partial charge in [-0.2, -0.15) is 0 Å².